The third-order valence-corrected chi connectivity index (χ3v) is 5.09. The van der Waals surface area contributed by atoms with E-state index in [1.807, 2.05) is 24.8 Å². The van der Waals surface area contributed by atoms with Crippen LogP contribution < -0.4 is 0 Å². The van der Waals surface area contributed by atoms with Gasteiger partial charge in [0.2, 0.25) is 0 Å². The molecule has 0 spiro atoms. The molecule has 2 aliphatic heterocycles. The molecule has 0 radical (unpaired) electrons. The molecule has 0 atom stereocenters. The third kappa shape index (κ3) is 5.17. The second kappa shape index (κ2) is 10.1. The predicted molar refractivity (Wildman–Crippen MR) is 108 cm³/mol. The lowest BCUT2D eigenvalue weighted by Crippen LogP contribution is -2.49. The van der Waals surface area contributed by atoms with Gasteiger partial charge in [-0.1, -0.05) is 13.8 Å². The summed E-state index contributed by atoms with van der Waals surface area (Å²) >= 11 is 0. The second-order valence-corrected chi connectivity index (χ2v) is 6.92. The summed E-state index contributed by atoms with van der Waals surface area (Å²) in [5, 5.41) is 4.12. The Morgan fingerprint density at radius 3 is 2.38 bits per heavy atom. The van der Waals surface area contributed by atoms with Gasteiger partial charge in [0.15, 0.2) is 0 Å². The van der Waals surface area contributed by atoms with Crippen molar-refractivity contribution in [3.8, 4) is 0 Å². The van der Waals surface area contributed by atoms with Gasteiger partial charge in [-0.2, -0.15) is 9.78 Å². The fourth-order valence-corrected chi connectivity index (χ4v) is 3.52. The van der Waals surface area contributed by atoms with Crippen LogP contribution in [-0.4, -0.2) is 85.7 Å². The Morgan fingerprint density at radius 1 is 1.00 bits per heavy atom. The molecule has 2 aromatic heterocycles. The van der Waals surface area contributed by atoms with E-state index in [2.05, 4.69) is 20.0 Å². The molecule has 4 rings (SSSR count). The Labute approximate surface area is 171 Å². The molecule has 4 heterocycles. The van der Waals surface area contributed by atoms with Crippen LogP contribution in [0.5, 0.6) is 0 Å². The number of hydrogen-bond acceptors (Lipinski definition) is 6. The van der Waals surface area contributed by atoms with Gasteiger partial charge in [-0.3, -0.25) is 9.69 Å². The van der Waals surface area contributed by atoms with Crippen molar-refractivity contribution >= 4 is 11.9 Å². The molecule has 0 bridgehead atoms. The van der Waals surface area contributed by atoms with E-state index in [1.165, 1.54) is 10.9 Å². The number of nitrogens with zero attached hydrogens (tertiary/aromatic N) is 7. The molecule has 0 N–H and O–H groups in total. The van der Waals surface area contributed by atoms with Crippen LogP contribution in [0.15, 0.2) is 31.0 Å². The van der Waals surface area contributed by atoms with Gasteiger partial charge >= 0.3 is 6.03 Å². The first-order valence-corrected chi connectivity index (χ1v) is 10.3. The van der Waals surface area contributed by atoms with Crippen LogP contribution in [0.4, 0.5) is 4.79 Å². The van der Waals surface area contributed by atoms with Gasteiger partial charge in [0.25, 0.3) is 5.91 Å². The Morgan fingerprint density at radius 2 is 1.72 bits per heavy atom. The summed E-state index contributed by atoms with van der Waals surface area (Å²) < 4.78 is 1.28. The maximum absolute atomic E-state index is 12.7. The highest BCUT2D eigenvalue weighted by Gasteiger charge is 2.25. The first kappa shape index (κ1) is 20.9. The maximum atomic E-state index is 12.7. The van der Waals surface area contributed by atoms with E-state index in [0.29, 0.717) is 18.7 Å². The quantitative estimate of drug-likeness (QED) is 0.781. The van der Waals surface area contributed by atoms with E-state index in [4.69, 9.17) is 0 Å². The van der Waals surface area contributed by atoms with Crippen LogP contribution in [0.25, 0.3) is 0 Å². The Bertz CT molecular complexity index is 794. The number of rotatable bonds is 3. The standard InChI is InChI=1S/C18H23N7O2.C2H6/c26-17(23-5-1-2-6-23)15-11-21-25(12-15)18(27)24-9-7-22(8-10-24)13-16-3-4-19-14-20-16;1-2/h3-4,11-12,14H,1-2,5-10,13H2;1-2H3. The first-order valence-electron chi connectivity index (χ1n) is 10.3. The fourth-order valence-electron chi connectivity index (χ4n) is 3.52. The van der Waals surface area contributed by atoms with Gasteiger partial charge in [0.1, 0.15) is 6.33 Å². The lowest BCUT2D eigenvalue weighted by atomic mass is 10.3. The van der Waals surface area contributed by atoms with Crippen molar-refractivity contribution in [2.75, 3.05) is 39.3 Å². The van der Waals surface area contributed by atoms with Crippen LogP contribution in [0.2, 0.25) is 0 Å². The summed E-state index contributed by atoms with van der Waals surface area (Å²) in [4.78, 5) is 39.1. The van der Waals surface area contributed by atoms with Crippen LogP contribution >= 0.6 is 0 Å². The summed E-state index contributed by atoms with van der Waals surface area (Å²) in [6.45, 7) is 9.12. The maximum Gasteiger partial charge on any atom is 0.344 e. The number of piperazine rings is 1. The Hall–Kier alpha value is -2.81. The largest absolute Gasteiger partial charge is 0.344 e. The molecule has 9 nitrogen and oxygen atoms in total. The van der Waals surface area contributed by atoms with E-state index in [9.17, 15) is 9.59 Å². The minimum Gasteiger partial charge on any atom is -0.339 e. The Kier molecular flexibility index (Phi) is 7.29. The smallest absolute Gasteiger partial charge is 0.339 e. The van der Waals surface area contributed by atoms with Crippen LogP contribution in [0.3, 0.4) is 0 Å². The van der Waals surface area contributed by atoms with Crippen molar-refractivity contribution in [3.05, 3.63) is 42.2 Å². The number of likely N-dealkylation sites (tertiary alicyclic amines) is 1. The highest BCUT2D eigenvalue weighted by atomic mass is 16.2. The van der Waals surface area contributed by atoms with Crippen LogP contribution in [0.1, 0.15) is 42.7 Å². The van der Waals surface area contributed by atoms with Gasteiger partial charge in [0, 0.05) is 58.2 Å². The molecule has 0 saturated carbocycles. The summed E-state index contributed by atoms with van der Waals surface area (Å²) in [5.74, 6) is -0.0405. The molecular formula is C20H29N7O2. The van der Waals surface area contributed by atoms with Crippen LogP contribution in [0, 0.1) is 0 Å². The molecule has 2 fully saturated rings. The fraction of sp³-hybridized carbons (Fsp3) is 0.550. The van der Waals surface area contributed by atoms with Gasteiger partial charge in [-0.15, -0.1) is 0 Å². The van der Waals surface area contributed by atoms with Gasteiger partial charge in [-0.25, -0.2) is 14.8 Å². The van der Waals surface area contributed by atoms with E-state index >= 15 is 0 Å². The topological polar surface area (TPSA) is 87.5 Å². The molecule has 2 amide bonds. The SMILES string of the molecule is CC.O=C(c1cnn(C(=O)N2CCN(Cc3ccncn3)CC2)c1)N1CCCC1. The number of amides is 2. The predicted octanol–water partition coefficient (Wildman–Crippen LogP) is 1.72. The second-order valence-electron chi connectivity index (χ2n) is 6.92. The molecule has 0 aromatic carbocycles. The van der Waals surface area contributed by atoms with E-state index in [0.717, 1.165) is 51.3 Å². The molecule has 2 aliphatic rings. The van der Waals surface area contributed by atoms with Gasteiger partial charge in [0.05, 0.1) is 17.5 Å². The summed E-state index contributed by atoms with van der Waals surface area (Å²) in [6, 6.07) is 1.72. The van der Waals surface area contributed by atoms with E-state index in [1.54, 1.807) is 23.6 Å². The van der Waals surface area contributed by atoms with Crippen LogP contribution in [-0.2, 0) is 6.54 Å². The molecule has 29 heavy (non-hydrogen) atoms. The zero-order chi connectivity index (χ0) is 20.6. The Balaban J connectivity index is 0.00000117. The zero-order valence-corrected chi connectivity index (χ0v) is 17.2. The van der Waals surface area contributed by atoms with Crippen molar-refractivity contribution in [1.82, 2.24) is 34.4 Å². The number of aromatic nitrogens is 4. The lowest BCUT2D eigenvalue weighted by Gasteiger charge is -2.34. The molecule has 2 aromatic rings. The van der Waals surface area contributed by atoms with Gasteiger partial charge < -0.3 is 9.80 Å². The molecule has 9 heteroatoms. The van der Waals surface area contributed by atoms with E-state index in [-0.39, 0.29) is 11.9 Å². The molecule has 0 unspecified atom stereocenters. The number of carbonyl (C=O) groups is 2. The number of carbonyl (C=O) groups excluding carboxylic acids is 2. The molecule has 0 aliphatic carbocycles. The highest BCUT2D eigenvalue weighted by Crippen LogP contribution is 2.13. The van der Waals surface area contributed by atoms with Crippen molar-refractivity contribution in [2.45, 2.75) is 33.2 Å². The summed E-state index contributed by atoms with van der Waals surface area (Å²) in [5.41, 5.74) is 1.45. The van der Waals surface area contributed by atoms with Crippen molar-refractivity contribution in [3.63, 3.8) is 0 Å². The van der Waals surface area contributed by atoms with Gasteiger partial charge in [-0.05, 0) is 18.9 Å². The zero-order valence-electron chi connectivity index (χ0n) is 17.2. The minimum atomic E-state index is -0.183. The minimum absolute atomic E-state index is 0.0405. The number of hydrogen-bond donors (Lipinski definition) is 0. The highest BCUT2D eigenvalue weighted by molar-refractivity contribution is 5.94. The molecule has 2 saturated heterocycles. The molecular weight excluding hydrogens is 370 g/mol. The van der Waals surface area contributed by atoms with E-state index < -0.39 is 0 Å². The average Bonchev–Trinajstić information content (AvgIpc) is 3.48. The van der Waals surface area contributed by atoms with Crippen molar-refractivity contribution < 1.29 is 9.59 Å². The van der Waals surface area contributed by atoms with Crippen molar-refractivity contribution in [1.29, 1.82) is 0 Å². The first-order chi connectivity index (χ1) is 14.2. The molecule has 156 valence electrons. The third-order valence-electron chi connectivity index (χ3n) is 5.09. The lowest BCUT2D eigenvalue weighted by molar-refractivity contribution is 0.0793. The summed E-state index contributed by atoms with van der Waals surface area (Å²) in [7, 11) is 0. The van der Waals surface area contributed by atoms with Crippen molar-refractivity contribution in [2.24, 2.45) is 0 Å². The monoisotopic (exact) mass is 399 g/mol. The average molecular weight is 399 g/mol. The summed E-state index contributed by atoms with van der Waals surface area (Å²) in [6.07, 6.45) is 8.41. The normalized spacial score (nSPS) is 17.0.